The van der Waals surface area contributed by atoms with Crippen molar-refractivity contribution in [2.75, 3.05) is 6.54 Å². The second-order valence-electron chi connectivity index (χ2n) is 5.11. The van der Waals surface area contributed by atoms with Gasteiger partial charge in [-0.3, -0.25) is 4.79 Å². The van der Waals surface area contributed by atoms with Crippen molar-refractivity contribution in [1.82, 2.24) is 10.6 Å². The summed E-state index contributed by atoms with van der Waals surface area (Å²) in [4.78, 5) is 16.2. The summed E-state index contributed by atoms with van der Waals surface area (Å²) >= 11 is 0. The van der Waals surface area contributed by atoms with E-state index in [9.17, 15) is 4.79 Å². The molecular formula is C16H26N4O. The normalized spacial score (nSPS) is 12.8. The number of guanidine groups is 1. The number of amides is 1. The molecule has 0 spiro atoms. The van der Waals surface area contributed by atoms with Crippen LogP contribution in [0, 0.1) is 0 Å². The first kappa shape index (κ1) is 17.0. The molecule has 21 heavy (non-hydrogen) atoms. The first-order valence-electron chi connectivity index (χ1n) is 7.50. The average molecular weight is 290 g/mol. The maximum Gasteiger partial charge on any atom is 0.251 e. The Hall–Kier alpha value is -2.04. The fraction of sp³-hybridized carbons (Fsp3) is 0.500. The molecule has 0 bridgehead atoms. The van der Waals surface area contributed by atoms with Crippen LogP contribution in [0.25, 0.3) is 0 Å². The Kier molecular flexibility index (Phi) is 7.29. The Labute approximate surface area is 127 Å². The third-order valence-electron chi connectivity index (χ3n) is 3.16. The van der Waals surface area contributed by atoms with Gasteiger partial charge in [-0.05, 0) is 37.5 Å². The van der Waals surface area contributed by atoms with Crippen LogP contribution in [0.5, 0.6) is 0 Å². The first-order valence-corrected chi connectivity index (χ1v) is 7.50. The molecule has 116 valence electrons. The zero-order valence-corrected chi connectivity index (χ0v) is 13.1. The number of benzene rings is 1. The van der Waals surface area contributed by atoms with Gasteiger partial charge in [0, 0.05) is 18.2 Å². The molecule has 0 fully saturated rings. The van der Waals surface area contributed by atoms with Gasteiger partial charge in [-0.2, -0.15) is 0 Å². The number of nitrogens with two attached hydrogens (primary N) is 1. The van der Waals surface area contributed by atoms with E-state index in [4.69, 9.17) is 5.73 Å². The van der Waals surface area contributed by atoms with Crippen molar-refractivity contribution in [2.45, 2.75) is 46.2 Å². The minimum atomic E-state index is -0.0478. The van der Waals surface area contributed by atoms with Crippen molar-refractivity contribution in [1.29, 1.82) is 0 Å². The summed E-state index contributed by atoms with van der Waals surface area (Å²) in [7, 11) is 0. The summed E-state index contributed by atoms with van der Waals surface area (Å²) in [6.45, 7) is 7.32. The number of nitrogens with zero attached hydrogens (tertiary/aromatic N) is 1. The second kappa shape index (κ2) is 9.00. The Morgan fingerprint density at radius 1 is 1.38 bits per heavy atom. The molecule has 0 aliphatic heterocycles. The first-order chi connectivity index (χ1) is 10.1. The van der Waals surface area contributed by atoms with Gasteiger partial charge in [0.2, 0.25) is 0 Å². The quantitative estimate of drug-likeness (QED) is 0.531. The predicted octanol–water partition coefficient (Wildman–Crippen LogP) is 2.03. The number of hydrogen-bond donors (Lipinski definition) is 3. The van der Waals surface area contributed by atoms with Crippen LogP contribution in [0.15, 0.2) is 29.3 Å². The molecule has 0 heterocycles. The van der Waals surface area contributed by atoms with Gasteiger partial charge in [-0.25, -0.2) is 4.99 Å². The molecule has 1 unspecified atom stereocenters. The summed E-state index contributed by atoms with van der Waals surface area (Å²) in [6.07, 6.45) is 1.91. The Morgan fingerprint density at radius 3 is 2.81 bits per heavy atom. The number of carbonyl (C=O) groups excluding carboxylic acids is 1. The van der Waals surface area contributed by atoms with Gasteiger partial charge in [0.25, 0.3) is 5.91 Å². The molecule has 1 aromatic carbocycles. The lowest BCUT2D eigenvalue weighted by molar-refractivity contribution is 0.0953. The average Bonchev–Trinajstić information content (AvgIpc) is 2.50. The molecule has 1 atom stereocenters. The number of nitrogens with one attached hydrogen (secondary N) is 2. The maximum absolute atomic E-state index is 11.9. The van der Waals surface area contributed by atoms with Gasteiger partial charge in [0.1, 0.15) is 0 Å². The molecule has 0 radical (unpaired) electrons. The zero-order chi connectivity index (χ0) is 15.7. The highest BCUT2D eigenvalue weighted by Crippen LogP contribution is 2.06. The van der Waals surface area contributed by atoms with Crippen LogP contribution in [0.4, 0.5) is 0 Å². The van der Waals surface area contributed by atoms with Crippen molar-refractivity contribution in [3.05, 3.63) is 35.4 Å². The Balaban J connectivity index is 2.64. The standard InChI is InChI=1S/C16H26N4O/c1-4-9-18-15(21)14-8-6-7-13(10-14)11-19-16(17)20-12(3)5-2/h6-8,10,12H,4-5,9,11H2,1-3H3,(H,18,21)(H3,17,19,20). The van der Waals surface area contributed by atoms with E-state index in [1.807, 2.05) is 25.1 Å². The van der Waals surface area contributed by atoms with Gasteiger partial charge in [0.05, 0.1) is 6.54 Å². The van der Waals surface area contributed by atoms with Crippen LogP contribution in [0.2, 0.25) is 0 Å². The van der Waals surface area contributed by atoms with E-state index in [0.717, 1.165) is 18.4 Å². The highest BCUT2D eigenvalue weighted by Gasteiger charge is 2.05. The second-order valence-corrected chi connectivity index (χ2v) is 5.11. The van der Waals surface area contributed by atoms with Crippen LogP contribution in [-0.4, -0.2) is 24.5 Å². The highest BCUT2D eigenvalue weighted by molar-refractivity contribution is 5.94. The SMILES string of the molecule is CCCNC(=O)c1cccc(CN=C(N)NC(C)CC)c1. The van der Waals surface area contributed by atoms with E-state index in [0.29, 0.717) is 30.7 Å². The van der Waals surface area contributed by atoms with E-state index in [1.165, 1.54) is 0 Å². The van der Waals surface area contributed by atoms with Crippen LogP contribution >= 0.6 is 0 Å². The lowest BCUT2D eigenvalue weighted by Crippen LogP contribution is -2.38. The van der Waals surface area contributed by atoms with Crippen LogP contribution in [-0.2, 0) is 6.54 Å². The molecule has 0 saturated carbocycles. The lowest BCUT2D eigenvalue weighted by atomic mass is 10.1. The van der Waals surface area contributed by atoms with Crippen molar-refractivity contribution in [3.8, 4) is 0 Å². The van der Waals surface area contributed by atoms with Crippen LogP contribution < -0.4 is 16.4 Å². The van der Waals surface area contributed by atoms with Gasteiger partial charge in [0.15, 0.2) is 5.96 Å². The molecule has 4 N–H and O–H groups in total. The smallest absolute Gasteiger partial charge is 0.251 e. The van der Waals surface area contributed by atoms with Gasteiger partial charge < -0.3 is 16.4 Å². The molecule has 0 saturated heterocycles. The molecule has 0 aromatic heterocycles. The molecule has 1 aromatic rings. The van der Waals surface area contributed by atoms with Crippen molar-refractivity contribution < 1.29 is 4.79 Å². The fourth-order valence-electron chi connectivity index (χ4n) is 1.73. The monoisotopic (exact) mass is 290 g/mol. The predicted molar refractivity (Wildman–Crippen MR) is 87.3 cm³/mol. The molecule has 1 amide bonds. The minimum absolute atomic E-state index is 0.0478. The number of hydrogen-bond acceptors (Lipinski definition) is 2. The maximum atomic E-state index is 11.9. The van der Waals surface area contributed by atoms with Crippen LogP contribution in [0.3, 0.4) is 0 Å². The van der Waals surface area contributed by atoms with Gasteiger partial charge >= 0.3 is 0 Å². The van der Waals surface area contributed by atoms with Crippen molar-refractivity contribution >= 4 is 11.9 Å². The van der Waals surface area contributed by atoms with E-state index in [-0.39, 0.29) is 5.91 Å². The number of aliphatic imine (C=N–C) groups is 1. The Morgan fingerprint density at radius 2 is 2.14 bits per heavy atom. The molecule has 0 aliphatic rings. The number of carbonyl (C=O) groups is 1. The van der Waals surface area contributed by atoms with Crippen molar-refractivity contribution in [2.24, 2.45) is 10.7 Å². The summed E-state index contributed by atoms with van der Waals surface area (Å²) in [5.74, 6) is 0.388. The largest absolute Gasteiger partial charge is 0.370 e. The highest BCUT2D eigenvalue weighted by atomic mass is 16.1. The van der Waals surface area contributed by atoms with Crippen molar-refractivity contribution in [3.63, 3.8) is 0 Å². The van der Waals surface area contributed by atoms with E-state index >= 15 is 0 Å². The third kappa shape index (κ3) is 6.29. The topological polar surface area (TPSA) is 79.5 Å². The summed E-state index contributed by atoms with van der Waals surface area (Å²) in [6, 6.07) is 7.77. The van der Waals surface area contributed by atoms with Gasteiger partial charge in [-0.15, -0.1) is 0 Å². The molecule has 0 aliphatic carbocycles. The molecule has 5 nitrogen and oxygen atoms in total. The lowest BCUT2D eigenvalue weighted by Gasteiger charge is -2.11. The zero-order valence-electron chi connectivity index (χ0n) is 13.1. The summed E-state index contributed by atoms with van der Waals surface area (Å²) in [5.41, 5.74) is 7.44. The molecular weight excluding hydrogens is 264 g/mol. The third-order valence-corrected chi connectivity index (χ3v) is 3.16. The molecule has 1 rings (SSSR count). The van der Waals surface area contributed by atoms with E-state index in [1.54, 1.807) is 6.07 Å². The Bertz CT molecular complexity index is 485. The summed E-state index contributed by atoms with van der Waals surface area (Å²) < 4.78 is 0. The van der Waals surface area contributed by atoms with E-state index in [2.05, 4.69) is 29.5 Å². The number of rotatable bonds is 7. The fourth-order valence-corrected chi connectivity index (χ4v) is 1.73. The molecule has 5 heteroatoms. The van der Waals surface area contributed by atoms with Gasteiger partial charge in [-0.1, -0.05) is 26.0 Å². The van der Waals surface area contributed by atoms with E-state index < -0.39 is 0 Å². The van der Waals surface area contributed by atoms with Crippen LogP contribution in [0.1, 0.15) is 49.5 Å². The minimum Gasteiger partial charge on any atom is -0.370 e. The summed E-state index contributed by atoms with van der Waals surface area (Å²) in [5, 5.41) is 5.98.